The highest BCUT2D eigenvalue weighted by Gasteiger charge is 2.30. The number of thiophene rings is 1. The Balaban J connectivity index is 1.68. The number of carbonyl (C=O) groups is 3. The third kappa shape index (κ3) is 4.61. The maximum Gasteiger partial charge on any atom is 0.272 e. The summed E-state index contributed by atoms with van der Waals surface area (Å²) in [6.45, 7) is 0.822. The third-order valence-corrected chi connectivity index (χ3v) is 6.61. The van der Waals surface area contributed by atoms with Crippen molar-refractivity contribution in [1.29, 1.82) is 5.26 Å². The van der Waals surface area contributed by atoms with Crippen molar-refractivity contribution in [2.24, 2.45) is 0 Å². The van der Waals surface area contributed by atoms with Gasteiger partial charge < -0.3 is 9.47 Å². The number of nitrogens with one attached hydrogen (secondary N) is 1. The van der Waals surface area contributed by atoms with Gasteiger partial charge in [-0.15, -0.1) is 11.3 Å². The molecule has 0 bridgehead atoms. The van der Waals surface area contributed by atoms with E-state index in [2.05, 4.69) is 10.3 Å². The first-order chi connectivity index (χ1) is 15.9. The summed E-state index contributed by atoms with van der Waals surface area (Å²) in [6, 6.07) is 9.09. The lowest BCUT2D eigenvalue weighted by atomic mass is 10.2. The van der Waals surface area contributed by atoms with Crippen molar-refractivity contribution >= 4 is 46.4 Å². The number of fused-ring (bicyclic) bond motifs is 1. The van der Waals surface area contributed by atoms with Crippen LogP contribution < -0.4 is 5.32 Å². The van der Waals surface area contributed by atoms with Gasteiger partial charge in [0.1, 0.15) is 12.7 Å². The topological polar surface area (TPSA) is 108 Å². The Morgan fingerprint density at radius 3 is 2.85 bits per heavy atom. The smallest absolute Gasteiger partial charge is 0.272 e. The van der Waals surface area contributed by atoms with E-state index in [-0.39, 0.29) is 40.6 Å². The molecule has 3 heterocycles. The zero-order valence-corrected chi connectivity index (χ0v) is 18.1. The van der Waals surface area contributed by atoms with Gasteiger partial charge in [-0.25, -0.2) is 13.8 Å². The number of aldehydes is 1. The van der Waals surface area contributed by atoms with Gasteiger partial charge in [0, 0.05) is 24.7 Å². The van der Waals surface area contributed by atoms with E-state index < -0.39 is 12.3 Å². The van der Waals surface area contributed by atoms with Crippen molar-refractivity contribution in [1.82, 2.24) is 14.5 Å². The SMILES string of the molecule is N#CCC(=O)N1CCC[C@@H]1Cn1c(NC(=O)c2ccc(C(F)F)s2)nc2ccc(C=O)cc21. The Labute approximate surface area is 191 Å². The molecule has 1 fully saturated rings. The monoisotopic (exact) mass is 471 g/mol. The van der Waals surface area contributed by atoms with E-state index in [1.165, 1.54) is 12.1 Å². The van der Waals surface area contributed by atoms with Crippen molar-refractivity contribution in [3.8, 4) is 6.07 Å². The molecule has 1 aliphatic rings. The number of nitriles is 1. The van der Waals surface area contributed by atoms with E-state index in [0.29, 0.717) is 47.2 Å². The number of alkyl halides is 2. The molecule has 1 N–H and O–H groups in total. The molecular formula is C22H19F2N5O3S. The minimum absolute atomic E-state index is 0.115. The molecule has 0 spiro atoms. The van der Waals surface area contributed by atoms with Crippen LogP contribution in [0, 0.1) is 11.3 Å². The Bertz CT molecular complexity index is 1260. The third-order valence-electron chi connectivity index (χ3n) is 5.52. The predicted molar refractivity (Wildman–Crippen MR) is 117 cm³/mol. The molecule has 2 amide bonds. The van der Waals surface area contributed by atoms with E-state index >= 15 is 0 Å². The maximum atomic E-state index is 12.9. The standard InChI is InChI=1S/C22H19F2N5O3S/c23-20(24)17-5-6-18(33-17)21(32)27-22-26-15-4-3-13(12-30)10-16(15)29(22)11-14-2-1-9-28(14)19(31)7-8-25/h3-6,10,12,14,20H,1-2,7,9,11H2,(H,26,27,32)/t14-/m1/s1. The highest BCUT2D eigenvalue weighted by Crippen LogP contribution is 2.29. The quantitative estimate of drug-likeness (QED) is 0.524. The van der Waals surface area contributed by atoms with Crippen LogP contribution in [0.1, 0.15) is 50.6 Å². The molecule has 1 saturated heterocycles. The van der Waals surface area contributed by atoms with E-state index in [1.54, 1.807) is 27.7 Å². The minimum atomic E-state index is -2.66. The summed E-state index contributed by atoms with van der Waals surface area (Å²) in [5.41, 5.74) is 1.54. The van der Waals surface area contributed by atoms with Crippen LogP contribution in [0.4, 0.5) is 14.7 Å². The van der Waals surface area contributed by atoms with Crippen molar-refractivity contribution in [2.45, 2.75) is 38.3 Å². The number of rotatable bonds is 7. The molecule has 1 atom stereocenters. The van der Waals surface area contributed by atoms with Gasteiger partial charge in [0.25, 0.3) is 12.3 Å². The molecule has 1 aromatic carbocycles. The summed E-state index contributed by atoms with van der Waals surface area (Å²) in [4.78, 5) is 42.4. The molecule has 1 aliphatic heterocycles. The lowest BCUT2D eigenvalue weighted by molar-refractivity contribution is -0.131. The summed E-state index contributed by atoms with van der Waals surface area (Å²) in [5, 5.41) is 11.6. The van der Waals surface area contributed by atoms with Crippen molar-refractivity contribution in [3.05, 3.63) is 45.6 Å². The molecule has 0 radical (unpaired) electrons. The van der Waals surface area contributed by atoms with Crippen LogP contribution in [-0.2, 0) is 11.3 Å². The highest BCUT2D eigenvalue weighted by molar-refractivity contribution is 7.14. The summed E-state index contributed by atoms with van der Waals surface area (Å²) < 4.78 is 27.5. The second-order valence-electron chi connectivity index (χ2n) is 7.59. The van der Waals surface area contributed by atoms with Gasteiger partial charge >= 0.3 is 0 Å². The van der Waals surface area contributed by atoms with Crippen LogP contribution >= 0.6 is 11.3 Å². The van der Waals surface area contributed by atoms with E-state index in [0.717, 1.165) is 6.42 Å². The molecule has 170 valence electrons. The summed E-state index contributed by atoms with van der Waals surface area (Å²) in [6.07, 6.45) is -0.695. The van der Waals surface area contributed by atoms with Gasteiger partial charge in [0.2, 0.25) is 11.9 Å². The fourth-order valence-electron chi connectivity index (χ4n) is 3.98. The molecule has 8 nitrogen and oxygen atoms in total. The Kier molecular flexibility index (Phi) is 6.46. The summed E-state index contributed by atoms with van der Waals surface area (Å²) >= 11 is 0.701. The molecule has 0 aliphatic carbocycles. The van der Waals surface area contributed by atoms with Gasteiger partial charge in [-0.2, -0.15) is 5.26 Å². The molecule has 4 rings (SSSR count). The van der Waals surface area contributed by atoms with Crippen LogP contribution in [-0.4, -0.2) is 45.1 Å². The molecule has 2 aromatic heterocycles. The number of imidazole rings is 1. The lowest BCUT2D eigenvalue weighted by Gasteiger charge is -2.25. The summed E-state index contributed by atoms with van der Waals surface area (Å²) in [7, 11) is 0. The summed E-state index contributed by atoms with van der Waals surface area (Å²) in [5.74, 6) is -0.658. The Hall–Kier alpha value is -3.65. The highest BCUT2D eigenvalue weighted by atomic mass is 32.1. The van der Waals surface area contributed by atoms with Gasteiger partial charge in [0.05, 0.1) is 26.9 Å². The normalized spacial score (nSPS) is 15.7. The number of benzene rings is 1. The number of hydrogen-bond acceptors (Lipinski definition) is 6. The van der Waals surface area contributed by atoms with E-state index in [4.69, 9.17) is 5.26 Å². The largest absolute Gasteiger partial charge is 0.337 e. The van der Waals surface area contributed by atoms with E-state index in [9.17, 15) is 23.2 Å². The molecular weight excluding hydrogens is 452 g/mol. The second kappa shape index (κ2) is 9.46. The van der Waals surface area contributed by atoms with Crippen molar-refractivity contribution in [3.63, 3.8) is 0 Å². The number of aromatic nitrogens is 2. The first-order valence-electron chi connectivity index (χ1n) is 10.2. The number of halogens is 2. The fourth-order valence-corrected chi connectivity index (χ4v) is 4.74. The molecule has 0 saturated carbocycles. The van der Waals surface area contributed by atoms with E-state index in [1.807, 2.05) is 6.07 Å². The maximum absolute atomic E-state index is 12.9. The van der Waals surface area contributed by atoms with Gasteiger partial charge in [0.15, 0.2) is 0 Å². The van der Waals surface area contributed by atoms with Gasteiger partial charge in [-0.3, -0.25) is 19.7 Å². The van der Waals surface area contributed by atoms with Gasteiger partial charge in [-0.05, 0) is 43.2 Å². The minimum Gasteiger partial charge on any atom is -0.337 e. The first kappa shape index (κ1) is 22.5. The number of nitrogens with zero attached hydrogens (tertiary/aromatic N) is 4. The van der Waals surface area contributed by atoms with Crippen molar-refractivity contribution < 1.29 is 23.2 Å². The number of amides is 2. The number of anilines is 1. The average molecular weight is 471 g/mol. The van der Waals surface area contributed by atoms with Gasteiger partial charge in [-0.1, -0.05) is 0 Å². The Morgan fingerprint density at radius 1 is 1.33 bits per heavy atom. The molecule has 0 unspecified atom stereocenters. The van der Waals surface area contributed by atoms with Crippen LogP contribution in [0.15, 0.2) is 30.3 Å². The molecule has 11 heteroatoms. The Morgan fingerprint density at radius 2 is 2.15 bits per heavy atom. The van der Waals surface area contributed by atoms with Crippen LogP contribution in [0.2, 0.25) is 0 Å². The second-order valence-corrected chi connectivity index (χ2v) is 8.70. The average Bonchev–Trinajstić information content (AvgIpc) is 3.53. The first-order valence-corrected chi connectivity index (χ1v) is 11.0. The molecule has 33 heavy (non-hydrogen) atoms. The number of likely N-dealkylation sites (tertiary alicyclic amines) is 1. The number of carbonyl (C=O) groups excluding carboxylic acids is 3. The lowest BCUT2D eigenvalue weighted by Crippen LogP contribution is -2.38. The van der Waals surface area contributed by atoms with Crippen molar-refractivity contribution in [2.75, 3.05) is 11.9 Å². The predicted octanol–water partition coefficient (Wildman–Crippen LogP) is 4.00. The molecule has 3 aromatic rings. The zero-order valence-electron chi connectivity index (χ0n) is 17.3. The van der Waals surface area contributed by atoms with Crippen LogP contribution in [0.25, 0.3) is 11.0 Å². The zero-order chi connectivity index (χ0) is 23.5. The van der Waals surface area contributed by atoms with Crippen LogP contribution in [0.3, 0.4) is 0 Å². The van der Waals surface area contributed by atoms with Crippen LogP contribution in [0.5, 0.6) is 0 Å². The number of hydrogen-bond donors (Lipinski definition) is 1. The fraction of sp³-hybridized carbons (Fsp3) is 0.318.